The molecule has 0 fully saturated rings. The normalized spacial score (nSPS) is 13.6. The van der Waals surface area contributed by atoms with E-state index >= 15 is 0 Å². The molecule has 0 saturated heterocycles. The van der Waals surface area contributed by atoms with Crippen molar-refractivity contribution in [1.82, 2.24) is 0 Å². The fourth-order valence-electron chi connectivity index (χ4n) is 1.73. The summed E-state index contributed by atoms with van der Waals surface area (Å²) in [6.07, 6.45) is -4.94. The number of benzene rings is 1. The summed E-state index contributed by atoms with van der Waals surface area (Å²) in [6.45, 7) is 0.934. The second-order valence-corrected chi connectivity index (χ2v) is 4.27. The fourth-order valence-corrected chi connectivity index (χ4v) is 1.73. The fraction of sp³-hybridized carbons (Fsp3) is 0.462. The Morgan fingerprint density at radius 2 is 1.86 bits per heavy atom. The van der Waals surface area contributed by atoms with Gasteiger partial charge in [0.2, 0.25) is 0 Å². The Morgan fingerprint density at radius 3 is 2.32 bits per heavy atom. The Kier molecular flexibility index (Phi) is 5.34. The number of methoxy groups -OCH3 is 1. The molecule has 22 heavy (non-hydrogen) atoms. The molecule has 2 N–H and O–H groups in total. The van der Waals surface area contributed by atoms with E-state index in [1.807, 2.05) is 0 Å². The van der Waals surface area contributed by atoms with Crippen LogP contribution >= 0.6 is 0 Å². The summed E-state index contributed by atoms with van der Waals surface area (Å²) in [4.78, 5) is 11.2. The highest BCUT2D eigenvalue weighted by Gasteiger charge is 2.50. The Labute approximate surface area is 123 Å². The number of carbonyl (C=O) groups is 1. The van der Waals surface area contributed by atoms with Gasteiger partial charge in [-0.25, -0.2) is 4.79 Å². The van der Waals surface area contributed by atoms with Gasteiger partial charge in [-0.05, 0) is 24.6 Å². The molecule has 4 nitrogen and oxygen atoms in total. The first-order valence-corrected chi connectivity index (χ1v) is 6.11. The molecule has 1 aromatic rings. The SMILES string of the molecule is CCOC(=O)C(F)(F)[C@@H](N)c1ccc(OC)cc1C(F)(F)F. The maximum Gasteiger partial charge on any atom is 0.416 e. The van der Waals surface area contributed by atoms with Gasteiger partial charge in [-0.2, -0.15) is 22.0 Å². The summed E-state index contributed by atoms with van der Waals surface area (Å²) >= 11 is 0. The van der Waals surface area contributed by atoms with Crippen LogP contribution in [0.25, 0.3) is 0 Å². The molecule has 0 heterocycles. The van der Waals surface area contributed by atoms with Gasteiger partial charge in [0.1, 0.15) is 11.8 Å². The van der Waals surface area contributed by atoms with E-state index in [1.165, 1.54) is 6.92 Å². The van der Waals surface area contributed by atoms with E-state index in [4.69, 9.17) is 5.73 Å². The highest BCUT2D eigenvalue weighted by molar-refractivity contribution is 5.79. The van der Waals surface area contributed by atoms with E-state index in [-0.39, 0.29) is 12.4 Å². The molecule has 0 unspecified atom stereocenters. The molecule has 0 amide bonds. The van der Waals surface area contributed by atoms with Crippen LogP contribution in [0.15, 0.2) is 18.2 Å². The molecule has 0 spiro atoms. The molecule has 0 saturated carbocycles. The number of hydrogen-bond donors (Lipinski definition) is 1. The van der Waals surface area contributed by atoms with Crippen molar-refractivity contribution in [2.45, 2.75) is 25.1 Å². The first-order valence-electron chi connectivity index (χ1n) is 6.11. The van der Waals surface area contributed by atoms with E-state index in [2.05, 4.69) is 9.47 Å². The lowest BCUT2D eigenvalue weighted by molar-refractivity contribution is -0.175. The maximum absolute atomic E-state index is 13.8. The van der Waals surface area contributed by atoms with Crippen LogP contribution in [0.5, 0.6) is 5.75 Å². The van der Waals surface area contributed by atoms with E-state index in [0.717, 1.165) is 19.2 Å². The first kappa shape index (κ1) is 18.1. The molecule has 0 bridgehead atoms. The molecule has 0 aromatic heterocycles. The molecule has 0 aliphatic rings. The van der Waals surface area contributed by atoms with Crippen molar-refractivity contribution < 1.29 is 36.2 Å². The number of hydrogen-bond acceptors (Lipinski definition) is 4. The Hall–Kier alpha value is -1.90. The highest BCUT2D eigenvalue weighted by atomic mass is 19.4. The van der Waals surface area contributed by atoms with Crippen molar-refractivity contribution in [1.29, 1.82) is 0 Å². The van der Waals surface area contributed by atoms with E-state index < -0.39 is 35.2 Å². The minimum absolute atomic E-state index is 0.178. The van der Waals surface area contributed by atoms with Crippen LogP contribution in [0.2, 0.25) is 0 Å². The first-order chi connectivity index (χ1) is 10.1. The molecule has 124 valence electrons. The van der Waals surface area contributed by atoms with Gasteiger partial charge in [-0.1, -0.05) is 6.07 Å². The summed E-state index contributed by atoms with van der Waals surface area (Å²) in [5.41, 5.74) is 2.88. The van der Waals surface area contributed by atoms with Crippen molar-refractivity contribution in [3.8, 4) is 5.75 Å². The number of carbonyl (C=O) groups excluding carboxylic acids is 1. The molecule has 1 atom stereocenters. The zero-order chi connectivity index (χ0) is 17.1. The average molecular weight is 327 g/mol. The van der Waals surface area contributed by atoms with Crippen molar-refractivity contribution in [3.05, 3.63) is 29.3 Å². The van der Waals surface area contributed by atoms with Crippen LogP contribution in [0.4, 0.5) is 22.0 Å². The summed E-state index contributed by atoms with van der Waals surface area (Å²) in [5.74, 6) is -6.46. The second kappa shape index (κ2) is 6.47. The zero-order valence-corrected chi connectivity index (χ0v) is 11.7. The molecular weight excluding hydrogens is 313 g/mol. The van der Waals surface area contributed by atoms with Gasteiger partial charge in [0.15, 0.2) is 0 Å². The summed E-state index contributed by atoms with van der Waals surface area (Å²) in [6, 6.07) is -0.171. The van der Waals surface area contributed by atoms with Crippen molar-refractivity contribution >= 4 is 5.97 Å². The van der Waals surface area contributed by atoms with E-state index in [9.17, 15) is 26.7 Å². The minimum atomic E-state index is -4.94. The molecule has 1 aromatic carbocycles. The van der Waals surface area contributed by atoms with Gasteiger partial charge in [0, 0.05) is 0 Å². The van der Waals surface area contributed by atoms with Gasteiger partial charge in [-0.15, -0.1) is 0 Å². The number of rotatable bonds is 5. The topological polar surface area (TPSA) is 61.5 Å². The standard InChI is InChI=1S/C13H14F5NO3/c1-3-22-11(20)12(14,15)10(19)8-5-4-7(21-2)6-9(8)13(16,17)18/h4-6,10H,3,19H2,1-2H3/t10-/m0/s1. The number of esters is 1. The Bertz CT molecular complexity index is 545. The number of nitrogens with two attached hydrogens (primary N) is 1. The monoisotopic (exact) mass is 327 g/mol. The van der Waals surface area contributed by atoms with Crippen LogP contribution in [0, 0.1) is 0 Å². The number of halogens is 5. The van der Waals surface area contributed by atoms with Gasteiger partial charge < -0.3 is 15.2 Å². The maximum atomic E-state index is 13.8. The zero-order valence-electron chi connectivity index (χ0n) is 11.7. The molecule has 9 heteroatoms. The second-order valence-electron chi connectivity index (χ2n) is 4.27. The van der Waals surface area contributed by atoms with Gasteiger partial charge in [0.25, 0.3) is 0 Å². The summed E-state index contributed by atoms with van der Waals surface area (Å²) in [7, 11) is 1.13. The van der Waals surface area contributed by atoms with Crippen molar-refractivity contribution in [3.63, 3.8) is 0 Å². The van der Waals surface area contributed by atoms with Crippen molar-refractivity contribution in [2.75, 3.05) is 13.7 Å². The van der Waals surface area contributed by atoms with Gasteiger partial charge >= 0.3 is 18.1 Å². The molecule has 0 aliphatic heterocycles. The van der Waals surface area contributed by atoms with E-state index in [1.54, 1.807) is 0 Å². The predicted octanol–water partition coefficient (Wildman–Crippen LogP) is 2.91. The Balaban J connectivity index is 3.33. The summed E-state index contributed by atoms with van der Waals surface area (Å²) < 4.78 is 75.4. The lowest BCUT2D eigenvalue weighted by Crippen LogP contribution is -2.42. The largest absolute Gasteiger partial charge is 0.497 e. The molecule has 0 radical (unpaired) electrons. The van der Waals surface area contributed by atoms with Crippen LogP contribution in [0.1, 0.15) is 24.1 Å². The van der Waals surface area contributed by atoms with Gasteiger partial charge in [0.05, 0.1) is 19.3 Å². The van der Waals surface area contributed by atoms with Crippen LogP contribution in [-0.2, 0) is 15.7 Å². The summed E-state index contributed by atoms with van der Waals surface area (Å²) in [5, 5.41) is 0. The lowest BCUT2D eigenvalue weighted by Gasteiger charge is -2.24. The molecular formula is C13H14F5NO3. The smallest absolute Gasteiger partial charge is 0.416 e. The third-order valence-electron chi connectivity index (χ3n) is 2.84. The lowest BCUT2D eigenvalue weighted by atomic mass is 9.95. The number of ether oxygens (including phenoxy) is 2. The van der Waals surface area contributed by atoms with Gasteiger partial charge in [-0.3, -0.25) is 0 Å². The minimum Gasteiger partial charge on any atom is -0.497 e. The van der Waals surface area contributed by atoms with Crippen molar-refractivity contribution in [2.24, 2.45) is 5.73 Å². The molecule has 1 rings (SSSR count). The number of alkyl halides is 5. The van der Waals surface area contributed by atoms with E-state index in [0.29, 0.717) is 6.07 Å². The Morgan fingerprint density at radius 1 is 1.27 bits per heavy atom. The third-order valence-corrected chi connectivity index (χ3v) is 2.84. The molecule has 0 aliphatic carbocycles. The third kappa shape index (κ3) is 3.65. The average Bonchev–Trinajstić information content (AvgIpc) is 2.45. The van der Waals surface area contributed by atoms with Crippen LogP contribution < -0.4 is 10.5 Å². The van der Waals surface area contributed by atoms with Crippen LogP contribution in [0.3, 0.4) is 0 Å². The highest BCUT2D eigenvalue weighted by Crippen LogP contribution is 2.40. The predicted molar refractivity (Wildman–Crippen MR) is 66.5 cm³/mol. The quantitative estimate of drug-likeness (QED) is 0.667. The van der Waals surface area contributed by atoms with Crippen LogP contribution in [-0.4, -0.2) is 25.6 Å².